The lowest BCUT2D eigenvalue weighted by molar-refractivity contribution is 0.710. The van der Waals surface area contributed by atoms with Gasteiger partial charge in [-0.2, -0.15) is 0 Å². The molecule has 1 aromatic heterocycles. The van der Waals surface area contributed by atoms with Crippen LogP contribution in [0, 0.1) is 6.92 Å². The molecule has 0 amide bonds. The molecule has 0 spiro atoms. The highest BCUT2D eigenvalue weighted by atomic mass is 35.5. The Morgan fingerprint density at radius 1 is 1.29 bits per heavy atom. The fraction of sp³-hybridized carbons (Fsp3) is 0.308. The van der Waals surface area contributed by atoms with Crippen LogP contribution in [0.4, 0.5) is 0 Å². The van der Waals surface area contributed by atoms with Crippen LogP contribution in [0.15, 0.2) is 24.3 Å². The van der Waals surface area contributed by atoms with Crippen molar-refractivity contribution in [3.63, 3.8) is 0 Å². The van der Waals surface area contributed by atoms with Gasteiger partial charge >= 0.3 is 0 Å². The summed E-state index contributed by atoms with van der Waals surface area (Å²) in [5.74, 6) is 0.938. The van der Waals surface area contributed by atoms with Gasteiger partial charge in [0.25, 0.3) is 0 Å². The number of hydrogen-bond donors (Lipinski definition) is 1. The first-order valence-corrected chi connectivity index (χ1v) is 5.94. The number of rotatable bonds is 3. The zero-order valence-electron chi connectivity index (χ0n) is 10.3. The maximum Gasteiger partial charge on any atom is 0.136 e. The molecule has 17 heavy (non-hydrogen) atoms. The molecule has 2 aromatic rings. The SMILES string of the molecule is CNCc1nc(-c2ccc(C)cc2)c(Cl)n1C. The molecule has 0 aliphatic carbocycles. The molecule has 4 heteroatoms. The van der Waals surface area contributed by atoms with Gasteiger partial charge in [-0.3, -0.25) is 0 Å². The molecule has 3 nitrogen and oxygen atoms in total. The van der Waals surface area contributed by atoms with Crippen molar-refractivity contribution in [3.05, 3.63) is 40.8 Å². The second-order valence-electron chi connectivity index (χ2n) is 4.12. The van der Waals surface area contributed by atoms with Gasteiger partial charge in [0.05, 0.1) is 6.54 Å². The first-order valence-electron chi connectivity index (χ1n) is 5.56. The Labute approximate surface area is 106 Å². The third-order valence-electron chi connectivity index (χ3n) is 2.78. The van der Waals surface area contributed by atoms with Crippen LogP contribution in [-0.2, 0) is 13.6 Å². The van der Waals surface area contributed by atoms with Crippen molar-refractivity contribution in [2.75, 3.05) is 7.05 Å². The Morgan fingerprint density at radius 2 is 1.94 bits per heavy atom. The molecular formula is C13H16ClN3. The van der Waals surface area contributed by atoms with E-state index in [9.17, 15) is 0 Å². The lowest BCUT2D eigenvalue weighted by Crippen LogP contribution is -2.10. The van der Waals surface area contributed by atoms with E-state index in [4.69, 9.17) is 11.6 Å². The standard InChI is InChI=1S/C13H16ClN3/c1-9-4-6-10(7-5-9)12-13(14)17(3)11(16-12)8-15-2/h4-7,15H,8H2,1-3H3. The lowest BCUT2D eigenvalue weighted by atomic mass is 10.1. The number of nitrogens with zero attached hydrogens (tertiary/aromatic N) is 2. The average Bonchev–Trinajstić information content (AvgIpc) is 2.59. The maximum atomic E-state index is 6.30. The van der Waals surface area contributed by atoms with Crippen LogP contribution in [0.5, 0.6) is 0 Å². The lowest BCUT2D eigenvalue weighted by Gasteiger charge is -2.00. The summed E-state index contributed by atoms with van der Waals surface area (Å²) in [6.07, 6.45) is 0. The zero-order valence-corrected chi connectivity index (χ0v) is 11.0. The molecule has 1 aromatic carbocycles. The van der Waals surface area contributed by atoms with Crippen LogP contribution < -0.4 is 5.32 Å². The molecule has 1 heterocycles. The van der Waals surface area contributed by atoms with Gasteiger partial charge in [0.2, 0.25) is 0 Å². The van der Waals surface area contributed by atoms with E-state index in [0.717, 1.165) is 17.1 Å². The summed E-state index contributed by atoms with van der Waals surface area (Å²) < 4.78 is 1.91. The van der Waals surface area contributed by atoms with E-state index in [2.05, 4.69) is 29.4 Å². The van der Waals surface area contributed by atoms with Crippen molar-refractivity contribution in [1.29, 1.82) is 0 Å². The Bertz CT molecular complexity index is 514. The number of hydrogen-bond acceptors (Lipinski definition) is 2. The maximum absolute atomic E-state index is 6.30. The number of halogens is 1. The van der Waals surface area contributed by atoms with Crippen LogP contribution in [-0.4, -0.2) is 16.6 Å². The predicted octanol–water partition coefficient (Wildman–Crippen LogP) is 2.77. The third-order valence-corrected chi connectivity index (χ3v) is 3.21. The predicted molar refractivity (Wildman–Crippen MR) is 71.2 cm³/mol. The van der Waals surface area contributed by atoms with Gasteiger partial charge in [0.1, 0.15) is 16.7 Å². The topological polar surface area (TPSA) is 29.9 Å². The van der Waals surface area contributed by atoms with E-state index >= 15 is 0 Å². The molecule has 0 aliphatic heterocycles. The van der Waals surface area contributed by atoms with Gasteiger partial charge in [0.15, 0.2) is 0 Å². The molecule has 0 fully saturated rings. The van der Waals surface area contributed by atoms with Crippen molar-refractivity contribution in [1.82, 2.24) is 14.9 Å². The van der Waals surface area contributed by atoms with Gasteiger partial charge in [-0.1, -0.05) is 41.4 Å². The summed E-state index contributed by atoms with van der Waals surface area (Å²) in [5, 5.41) is 3.76. The minimum atomic E-state index is 0.680. The summed E-state index contributed by atoms with van der Waals surface area (Å²) in [6, 6.07) is 8.23. The molecule has 0 saturated heterocycles. The van der Waals surface area contributed by atoms with E-state index in [1.165, 1.54) is 5.56 Å². The van der Waals surface area contributed by atoms with Crippen LogP contribution in [0.2, 0.25) is 5.15 Å². The highest BCUT2D eigenvalue weighted by Gasteiger charge is 2.13. The van der Waals surface area contributed by atoms with E-state index in [1.807, 2.05) is 30.8 Å². The number of imidazole rings is 1. The molecular weight excluding hydrogens is 234 g/mol. The smallest absolute Gasteiger partial charge is 0.136 e. The molecule has 0 saturated carbocycles. The zero-order chi connectivity index (χ0) is 12.4. The monoisotopic (exact) mass is 249 g/mol. The van der Waals surface area contributed by atoms with E-state index in [1.54, 1.807) is 0 Å². The average molecular weight is 250 g/mol. The highest BCUT2D eigenvalue weighted by molar-refractivity contribution is 6.32. The quantitative estimate of drug-likeness (QED) is 0.907. The van der Waals surface area contributed by atoms with Gasteiger partial charge in [0, 0.05) is 12.6 Å². The fourth-order valence-electron chi connectivity index (χ4n) is 1.73. The number of aromatic nitrogens is 2. The van der Waals surface area contributed by atoms with Crippen LogP contribution in [0.3, 0.4) is 0 Å². The Balaban J connectivity index is 2.45. The number of benzene rings is 1. The van der Waals surface area contributed by atoms with Crippen molar-refractivity contribution < 1.29 is 0 Å². The molecule has 0 radical (unpaired) electrons. The van der Waals surface area contributed by atoms with Crippen LogP contribution >= 0.6 is 11.6 Å². The first-order chi connectivity index (χ1) is 8.13. The van der Waals surface area contributed by atoms with Crippen molar-refractivity contribution in [2.24, 2.45) is 7.05 Å². The molecule has 90 valence electrons. The molecule has 1 N–H and O–H groups in total. The molecule has 2 rings (SSSR count). The van der Waals surface area contributed by atoms with Crippen molar-refractivity contribution in [3.8, 4) is 11.3 Å². The second-order valence-corrected chi connectivity index (χ2v) is 4.48. The van der Waals surface area contributed by atoms with Crippen molar-refractivity contribution >= 4 is 11.6 Å². The third kappa shape index (κ3) is 2.35. The highest BCUT2D eigenvalue weighted by Crippen LogP contribution is 2.27. The molecule has 0 aliphatic rings. The first kappa shape index (κ1) is 12.1. The van der Waals surface area contributed by atoms with Crippen LogP contribution in [0.1, 0.15) is 11.4 Å². The fourth-order valence-corrected chi connectivity index (χ4v) is 1.98. The second kappa shape index (κ2) is 4.90. The molecule has 0 bridgehead atoms. The number of nitrogens with one attached hydrogen (secondary N) is 1. The van der Waals surface area contributed by atoms with Crippen LogP contribution in [0.25, 0.3) is 11.3 Å². The van der Waals surface area contributed by atoms with Gasteiger partial charge in [-0.05, 0) is 14.0 Å². The van der Waals surface area contributed by atoms with E-state index in [-0.39, 0.29) is 0 Å². The largest absolute Gasteiger partial charge is 0.321 e. The summed E-state index contributed by atoms with van der Waals surface area (Å²) in [6.45, 7) is 2.78. The molecule has 0 unspecified atom stereocenters. The number of aryl methyl sites for hydroxylation is 1. The summed E-state index contributed by atoms with van der Waals surface area (Å²) in [4.78, 5) is 4.57. The minimum absolute atomic E-state index is 0.680. The Morgan fingerprint density at radius 3 is 2.53 bits per heavy atom. The van der Waals surface area contributed by atoms with E-state index < -0.39 is 0 Å². The van der Waals surface area contributed by atoms with E-state index in [0.29, 0.717) is 11.7 Å². The minimum Gasteiger partial charge on any atom is -0.321 e. The normalized spacial score (nSPS) is 10.8. The van der Waals surface area contributed by atoms with Gasteiger partial charge in [-0.15, -0.1) is 0 Å². The summed E-state index contributed by atoms with van der Waals surface area (Å²) in [5.41, 5.74) is 3.13. The van der Waals surface area contributed by atoms with Gasteiger partial charge < -0.3 is 9.88 Å². The Kier molecular flexibility index (Phi) is 3.50. The molecule has 0 atom stereocenters. The van der Waals surface area contributed by atoms with Gasteiger partial charge in [-0.25, -0.2) is 4.98 Å². The summed E-state index contributed by atoms with van der Waals surface area (Å²) in [7, 11) is 3.83. The van der Waals surface area contributed by atoms with Crippen molar-refractivity contribution in [2.45, 2.75) is 13.5 Å². The summed E-state index contributed by atoms with van der Waals surface area (Å²) >= 11 is 6.30. The Hall–Kier alpha value is -1.32.